The lowest BCUT2D eigenvalue weighted by Crippen LogP contribution is -2.34. The summed E-state index contributed by atoms with van der Waals surface area (Å²) in [5.41, 5.74) is 5.38. The molecule has 0 aliphatic carbocycles. The summed E-state index contributed by atoms with van der Waals surface area (Å²) < 4.78 is 33.6. The van der Waals surface area contributed by atoms with Gasteiger partial charge >= 0.3 is 19.8 Å². The van der Waals surface area contributed by atoms with Gasteiger partial charge < -0.3 is 25.2 Å². The number of carbonyl (C=O) groups excluding carboxylic acids is 1. The number of aliphatic carboxylic acids is 1. The zero-order valence-electron chi connectivity index (χ0n) is 42.5. The van der Waals surface area contributed by atoms with Crippen LogP contribution in [0.15, 0.2) is 48.6 Å². The van der Waals surface area contributed by atoms with Crippen LogP contribution in [0.5, 0.6) is 0 Å². The number of carbonyl (C=O) groups is 2. The number of nitrogens with two attached hydrogens (primary N) is 1. The van der Waals surface area contributed by atoms with Crippen LogP contribution in [0, 0.1) is 0 Å². The molecule has 0 aromatic heterocycles. The van der Waals surface area contributed by atoms with E-state index in [4.69, 9.17) is 29.4 Å². The Morgan fingerprint density at radius 1 is 0.500 bits per heavy atom. The monoisotopic (exact) mass is 952 g/mol. The van der Waals surface area contributed by atoms with E-state index in [9.17, 15) is 19.0 Å². The standard InChI is InChI=1S/C55H102NO9P/c1-3-5-7-9-11-13-15-17-19-21-23-25-27-29-31-33-35-37-39-41-43-45-47-54(57)65-52(50-63-66(60,61)64-51-53(56)55(58)59)49-62-48-46-44-42-40-38-36-34-32-30-28-26-24-22-20-18-16-14-12-10-8-6-4-2/h6,8,12,14,18,20,24,26,52-53H,3-5,7,9-11,13,15-17,19,21-23,25,27-51,56H2,1-2H3,(H,58,59)(H,60,61)/b8-6-,14-12-,20-18-,26-24-. The normalized spacial score (nSPS) is 14.0. The van der Waals surface area contributed by atoms with Crippen LogP contribution in [0.4, 0.5) is 0 Å². The molecule has 3 unspecified atom stereocenters. The minimum Gasteiger partial charge on any atom is -0.480 e. The highest BCUT2D eigenvalue weighted by atomic mass is 31.2. The van der Waals surface area contributed by atoms with Gasteiger partial charge in [-0.05, 0) is 51.4 Å². The summed E-state index contributed by atoms with van der Waals surface area (Å²) in [5, 5.41) is 8.94. The zero-order valence-corrected chi connectivity index (χ0v) is 43.4. The van der Waals surface area contributed by atoms with Crippen LogP contribution in [0.25, 0.3) is 0 Å². The Morgan fingerprint density at radius 3 is 1.32 bits per heavy atom. The number of hydrogen-bond acceptors (Lipinski definition) is 8. The summed E-state index contributed by atoms with van der Waals surface area (Å²) in [4.78, 5) is 33.8. The van der Waals surface area contributed by atoms with Gasteiger partial charge in [-0.2, -0.15) is 0 Å². The van der Waals surface area contributed by atoms with Gasteiger partial charge in [0, 0.05) is 13.0 Å². The topological polar surface area (TPSA) is 155 Å². The van der Waals surface area contributed by atoms with E-state index in [2.05, 4.69) is 62.5 Å². The highest BCUT2D eigenvalue weighted by Gasteiger charge is 2.27. The Kier molecular flexibility index (Phi) is 49.2. The third-order valence-corrected chi connectivity index (χ3v) is 12.8. The third kappa shape index (κ3) is 49.8. The van der Waals surface area contributed by atoms with Crippen molar-refractivity contribution >= 4 is 19.8 Å². The SMILES string of the molecule is CC/C=C\C/C=C\C/C=C\C/C=C\CCCCCCCCCCCOCC(COP(=O)(O)OCC(N)C(=O)O)OC(=O)CCCCCCCCCCCCCCCCCCCCCCCC. The first-order chi connectivity index (χ1) is 32.2. The first-order valence-electron chi connectivity index (χ1n) is 27.2. The Morgan fingerprint density at radius 2 is 0.879 bits per heavy atom. The molecule has 0 amide bonds. The minimum absolute atomic E-state index is 0.0145. The van der Waals surface area contributed by atoms with E-state index in [0.717, 1.165) is 64.2 Å². The first kappa shape index (κ1) is 63.9. The van der Waals surface area contributed by atoms with Crippen molar-refractivity contribution in [3.63, 3.8) is 0 Å². The number of carboxylic acids is 1. The van der Waals surface area contributed by atoms with Crippen LogP contribution in [-0.4, -0.2) is 60.5 Å². The number of unbranched alkanes of at least 4 members (excludes halogenated alkanes) is 30. The van der Waals surface area contributed by atoms with E-state index in [1.54, 1.807) is 0 Å². The molecule has 0 aromatic carbocycles. The van der Waals surface area contributed by atoms with Crippen molar-refractivity contribution < 1.29 is 42.7 Å². The molecule has 0 radical (unpaired) electrons. The van der Waals surface area contributed by atoms with E-state index in [0.29, 0.717) is 13.0 Å². The molecule has 0 saturated heterocycles. The predicted molar refractivity (Wildman–Crippen MR) is 277 cm³/mol. The van der Waals surface area contributed by atoms with Crippen molar-refractivity contribution in [2.45, 2.75) is 264 Å². The van der Waals surface area contributed by atoms with Crippen molar-refractivity contribution in [2.75, 3.05) is 26.4 Å². The number of rotatable bonds is 52. The Labute approximate surface area is 405 Å². The number of esters is 1. The second-order valence-corrected chi connectivity index (χ2v) is 19.8. The van der Waals surface area contributed by atoms with Gasteiger partial charge in [0.2, 0.25) is 0 Å². The largest absolute Gasteiger partial charge is 0.480 e. The minimum atomic E-state index is -4.63. The van der Waals surface area contributed by atoms with Gasteiger partial charge in [-0.25, -0.2) is 4.57 Å². The van der Waals surface area contributed by atoms with Gasteiger partial charge in [0.1, 0.15) is 12.1 Å². The summed E-state index contributed by atoms with van der Waals surface area (Å²) in [6, 6.07) is -1.48. The van der Waals surface area contributed by atoms with Crippen molar-refractivity contribution in [3.05, 3.63) is 48.6 Å². The molecule has 0 rings (SSSR count). The molecule has 0 bridgehead atoms. The molecule has 66 heavy (non-hydrogen) atoms. The molecule has 0 heterocycles. The lowest BCUT2D eigenvalue weighted by atomic mass is 10.0. The molecule has 4 N–H and O–H groups in total. The van der Waals surface area contributed by atoms with Gasteiger partial charge in [-0.15, -0.1) is 0 Å². The lowest BCUT2D eigenvalue weighted by molar-refractivity contribution is -0.154. The fourth-order valence-corrected chi connectivity index (χ4v) is 8.49. The summed E-state index contributed by atoms with van der Waals surface area (Å²) in [5.74, 6) is -1.77. The van der Waals surface area contributed by atoms with E-state index in [1.807, 2.05) is 0 Å². The van der Waals surface area contributed by atoms with E-state index >= 15 is 0 Å². The van der Waals surface area contributed by atoms with E-state index < -0.39 is 45.1 Å². The molecule has 0 saturated carbocycles. The number of allylic oxidation sites excluding steroid dienone is 8. The van der Waals surface area contributed by atoms with Gasteiger partial charge in [-0.1, -0.05) is 242 Å². The van der Waals surface area contributed by atoms with Crippen molar-refractivity contribution in [2.24, 2.45) is 5.73 Å². The summed E-state index contributed by atoms with van der Waals surface area (Å²) in [7, 11) is -4.63. The fraction of sp³-hybridized carbons (Fsp3) is 0.818. The van der Waals surface area contributed by atoms with Gasteiger partial charge in [0.15, 0.2) is 0 Å². The molecule has 0 aliphatic heterocycles. The van der Waals surface area contributed by atoms with E-state index in [1.165, 1.54) is 161 Å². The smallest absolute Gasteiger partial charge is 0.472 e. The van der Waals surface area contributed by atoms with Crippen molar-refractivity contribution in [1.82, 2.24) is 0 Å². The predicted octanol–water partition coefficient (Wildman–Crippen LogP) is 16.2. The zero-order chi connectivity index (χ0) is 48.3. The summed E-state index contributed by atoms with van der Waals surface area (Å²) >= 11 is 0. The maximum atomic E-state index is 12.7. The Hall–Kier alpha value is -2.07. The second kappa shape index (κ2) is 50.8. The average Bonchev–Trinajstić information content (AvgIpc) is 3.30. The molecule has 0 fully saturated rings. The maximum absolute atomic E-state index is 12.7. The summed E-state index contributed by atoms with van der Waals surface area (Å²) in [6.45, 7) is 3.80. The van der Waals surface area contributed by atoms with Gasteiger partial charge in [0.05, 0.1) is 19.8 Å². The molecule has 386 valence electrons. The van der Waals surface area contributed by atoms with Crippen molar-refractivity contribution in [3.8, 4) is 0 Å². The summed E-state index contributed by atoms with van der Waals surface area (Å²) in [6.07, 6.45) is 61.7. The average molecular weight is 952 g/mol. The van der Waals surface area contributed by atoms with Crippen molar-refractivity contribution in [1.29, 1.82) is 0 Å². The van der Waals surface area contributed by atoms with Crippen LogP contribution in [0.2, 0.25) is 0 Å². The fourth-order valence-electron chi connectivity index (χ4n) is 7.72. The Bertz CT molecular complexity index is 1240. The Balaban J connectivity index is 4.09. The molecular formula is C55H102NO9P. The number of carboxylic acid groups (broad SMARTS) is 1. The quantitative estimate of drug-likeness (QED) is 0.0232. The second-order valence-electron chi connectivity index (χ2n) is 18.3. The number of ether oxygens (including phenoxy) is 2. The highest BCUT2D eigenvalue weighted by Crippen LogP contribution is 2.43. The van der Waals surface area contributed by atoms with Gasteiger partial charge in [-0.3, -0.25) is 18.6 Å². The molecule has 0 aromatic rings. The number of phosphoric acid groups is 1. The van der Waals surface area contributed by atoms with E-state index in [-0.39, 0.29) is 13.0 Å². The van der Waals surface area contributed by atoms with Crippen LogP contribution >= 0.6 is 7.82 Å². The lowest BCUT2D eigenvalue weighted by Gasteiger charge is -2.20. The van der Waals surface area contributed by atoms with Crippen LogP contribution in [-0.2, 0) is 32.7 Å². The highest BCUT2D eigenvalue weighted by molar-refractivity contribution is 7.47. The van der Waals surface area contributed by atoms with Gasteiger partial charge in [0.25, 0.3) is 0 Å². The van der Waals surface area contributed by atoms with Crippen LogP contribution in [0.3, 0.4) is 0 Å². The number of phosphoric ester groups is 1. The molecule has 3 atom stereocenters. The molecule has 0 aliphatic rings. The van der Waals surface area contributed by atoms with Crippen LogP contribution < -0.4 is 5.73 Å². The molecule has 10 nitrogen and oxygen atoms in total. The maximum Gasteiger partial charge on any atom is 0.472 e. The molecule has 0 spiro atoms. The number of hydrogen-bond donors (Lipinski definition) is 3. The molecule has 11 heteroatoms. The molecular weight excluding hydrogens is 850 g/mol. The third-order valence-electron chi connectivity index (χ3n) is 11.9. The first-order valence-corrected chi connectivity index (χ1v) is 28.7. The van der Waals surface area contributed by atoms with Crippen LogP contribution in [0.1, 0.15) is 251 Å².